The lowest BCUT2D eigenvalue weighted by Gasteiger charge is -2.31. The second kappa shape index (κ2) is 6.24. The summed E-state index contributed by atoms with van der Waals surface area (Å²) < 4.78 is 0. The molecule has 2 rings (SSSR count). The molecule has 120 valence electrons. The van der Waals surface area contributed by atoms with Crippen LogP contribution in [0.3, 0.4) is 0 Å². The molecule has 0 aromatic heterocycles. The number of aliphatic carboxylic acids is 1. The van der Waals surface area contributed by atoms with Crippen molar-refractivity contribution in [1.82, 2.24) is 9.80 Å². The molecular weight excluding hydrogens is 268 g/mol. The molecule has 0 saturated carbocycles. The minimum Gasteiger partial charge on any atom is -0.481 e. The average molecular weight is 296 g/mol. The molecule has 2 amide bonds. The van der Waals surface area contributed by atoms with Gasteiger partial charge in [-0.2, -0.15) is 0 Å². The van der Waals surface area contributed by atoms with Crippen LogP contribution in [0.4, 0.5) is 4.79 Å². The minimum atomic E-state index is -0.769. The highest BCUT2D eigenvalue weighted by Crippen LogP contribution is 2.38. The average Bonchev–Trinajstić information content (AvgIpc) is 2.78. The van der Waals surface area contributed by atoms with Crippen molar-refractivity contribution in [2.75, 3.05) is 26.2 Å². The van der Waals surface area contributed by atoms with E-state index in [2.05, 4.69) is 6.92 Å². The molecule has 2 fully saturated rings. The van der Waals surface area contributed by atoms with Gasteiger partial charge in [-0.1, -0.05) is 20.8 Å². The van der Waals surface area contributed by atoms with Gasteiger partial charge in [0.05, 0.1) is 5.41 Å². The van der Waals surface area contributed by atoms with E-state index in [0.717, 1.165) is 25.9 Å². The van der Waals surface area contributed by atoms with Crippen molar-refractivity contribution in [3.05, 3.63) is 0 Å². The van der Waals surface area contributed by atoms with Crippen LogP contribution in [-0.4, -0.2) is 53.1 Å². The second-order valence-electron chi connectivity index (χ2n) is 7.09. The Labute approximate surface area is 127 Å². The van der Waals surface area contributed by atoms with Gasteiger partial charge in [0.25, 0.3) is 0 Å². The van der Waals surface area contributed by atoms with Crippen molar-refractivity contribution in [2.45, 2.75) is 46.5 Å². The van der Waals surface area contributed by atoms with E-state index in [-0.39, 0.29) is 11.9 Å². The molecule has 1 N–H and O–H groups in total. The normalized spacial score (nSPS) is 30.6. The van der Waals surface area contributed by atoms with Gasteiger partial charge in [-0.3, -0.25) is 4.79 Å². The lowest BCUT2D eigenvalue weighted by Crippen LogP contribution is -2.45. The number of rotatable bonds is 2. The smallest absolute Gasteiger partial charge is 0.320 e. The Morgan fingerprint density at radius 1 is 1.14 bits per heavy atom. The Hall–Kier alpha value is -1.26. The van der Waals surface area contributed by atoms with Gasteiger partial charge < -0.3 is 14.9 Å². The van der Waals surface area contributed by atoms with Crippen LogP contribution in [0.1, 0.15) is 46.5 Å². The SMILES string of the molecule is CC1CCCN(C(=O)N2CCC(C(=O)O)(C(C)C)C2)CC1. The first kappa shape index (κ1) is 16.1. The van der Waals surface area contributed by atoms with Gasteiger partial charge in [0.2, 0.25) is 0 Å². The summed E-state index contributed by atoms with van der Waals surface area (Å²) in [6.07, 6.45) is 3.84. The van der Waals surface area contributed by atoms with Gasteiger partial charge in [0.1, 0.15) is 0 Å². The summed E-state index contributed by atoms with van der Waals surface area (Å²) in [5.74, 6) is -0.0515. The van der Waals surface area contributed by atoms with Gasteiger partial charge in [-0.15, -0.1) is 0 Å². The summed E-state index contributed by atoms with van der Waals surface area (Å²) in [6.45, 7) is 8.64. The fraction of sp³-hybridized carbons (Fsp3) is 0.875. The molecule has 2 heterocycles. The van der Waals surface area contributed by atoms with Crippen LogP contribution in [0.2, 0.25) is 0 Å². The molecule has 2 unspecified atom stereocenters. The fourth-order valence-corrected chi connectivity index (χ4v) is 3.54. The Morgan fingerprint density at radius 2 is 1.86 bits per heavy atom. The zero-order valence-electron chi connectivity index (χ0n) is 13.5. The summed E-state index contributed by atoms with van der Waals surface area (Å²) in [5, 5.41) is 9.57. The molecule has 2 atom stereocenters. The maximum atomic E-state index is 12.7. The molecule has 0 aliphatic carbocycles. The highest BCUT2D eigenvalue weighted by molar-refractivity contribution is 5.80. The third kappa shape index (κ3) is 3.16. The van der Waals surface area contributed by atoms with Gasteiger partial charge in [-0.25, -0.2) is 4.79 Å². The summed E-state index contributed by atoms with van der Waals surface area (Å²) in [4.78, 5) is 28.0. The Morgan fingerprint density at radius 3 is 2.43 bits per heavy atom. The first-order chi connectivity index (χ1) is 9.86. The number of hydrogen-bond donors (Lipinski definition) is 1. The summed E-state index contributed by atoms with van der Waals surface area (Å²) >= 11 is 0. The monoisotopic (exact) mass is 296 g/mol. The molecule has 2 saturated heterocycles. The maximum Gasteiger partial charge on any atom is 0.320 e. The number of urea groups is 1. The number of carboxylic acid groups (broad SMARTS) is 1. The molecule has 0 bridgehead atoms. The van der Waals surface area contributed by atoms with Crippen molar-refractivity contribution in [2.24, 2.45) is 17.3 Å². The number of amides is 2. The van der Waals surface area contributed by atoms with Crippen molar-refractivity contribution in [3.8, 4) is 0 Å². The first-order valence-corrected chi connectivity index (χ1v) is 8.14. The van der Waals surface area contributed by atoms with Crippen LogP contribution in [0, 0.1) is 17.3 Å². The van der Waals surface area contributed by atoms with Crippen LogP contribution in [0.25, 0.3) is 0 Å². The van der Waals surface area contributed by atoms with E-state index in [1.807, 2.05) is 18.7 Å². The summed E-state index contributed by atoms with van der Waals surface area (Å²) in [7, 11) is 0. The molecule has 2 aliphatic heterocycles. The fourth-order valence-electron chi connectivity index (χ4n) is 3.54. The highest BCUT2D eigenvalue weighted by Gasteiger charge is 2.49. The lowest BCUT2D eigenvalue weighted by molar-refractivity contribution is -0.150. The number of carbonyl (C=O) groups excluding carboxylic acids is 1. The van der Waals surface area contributed by atoms with E-state index in [4.69, 9.17) is 0 Å². The summed E-state index contributed by atoms with van der Waals surface area (Å²) in [5.41, 5.74) is -0.769. The zero-order valence-corrected chi connectivity index (χ0v) is 13.5. The van der Waals surface area contributed by atoms with Crippen LogP contribution in [-0.2, 0) is 4.79 Å². The van der Waals surface area contributed by atoms with Gasteiger partial charge in [0, 0.05) is 26.2 Å². The quantitative estimate of drug-likeness (QED) is 0.852. The lowest BCUT2D eigenvalue weighted by atomic mass is 9.76. The number of carbonyl (C=O) groups is 2. The molecule has 0 spiro atoms. The van der Waals surface area contributed by atoms with E-state index in [1.54, 1.807) is 4.90 Å². The van der Waals surface area contributed by atoms with Crippen molar-refractivity contribution in [3.63, 3.8) is 0 Å². The van der Waals surface area contributed by atoms with Crippen molar-refractivity contribution in [1.29, 1.82) is 0 Å². The van der Waals surface area contributed by atoms with Crippen LogP contribution >= 0.6 is 0 Å². The number of carboxylic acids is 1. The van der Waals surface area contributed by atoms with Crippen LogP contribution in [0.5, 0.6) is 0 Å². The Balaban J connectivity index is 2.03. The van der Waals surface area contributed by atoms with E-state index in [1.165, 1.54) is 6.42 Å². The van der Waals surface area contributed by atoms with E-state index < -0.39 is 11.4 Å². The highest BCUT2D eigenvalue weighted by atomic mass is 16.4. The first-order valence-electron chi connectivity index (χ1n) is 8.14. The molecule has 21 heavy (non-hydrogen) atoms. The molecule has 0 aromatic rings. The molecule has 0 aromatic carbocycles. The van der Waals surface area contributed by atoms with Crippen molar-refractivity contribution < 1.29 is 14.7 Å². The third-order valence-electron chi connectivity index (χ3n) is 5.39. The van der Waals surface area contributed by atoms with Crippen LogP contribution in [0.15, 0.2) is 0 Å². The molecule has 2 aliphatic rings. The van der Waals surface area contributed by atoms with Gasteiger partial charge in [0.15, 0.2) is 0 Å². The number of hydrogen-bond acceptors (Lipinski definition) is 2. The van der Waals surface area contributed by atoms with Gasteiger partial charge >= 0.3 is 12.0 Å². The molecule has 0 radical (unpaired) electrons. The topological polar surface area (TPSA) is 60.9 Å². The Kier molecular flexibility index (Phi) is 4.79. The van der Waals surface area contributed by atoms with Crippen molar-refractivity contribution >= 4 is 12.0 Å². The van der Waals surface area contributed by atoms with E-state index in [0.29, 0.717) is 25.4 Å². The summed E-state index contributed by atoms with van der Waals surface area (Å²) in [6, 6.07) is 0.0351. The standard InChI is InChI=1S/C16H28N2O3/c1-12(2)16(14(19)20)7-10-18(11-16)15(21)17-8-4-5-13(3)6-9-17/h12-13H,4-11H2,1-3H3,(H,19,20). The second-order valence-corrected chi connectivity index (χ2v) is 7.09. The van der Waals surface area contributed by atoms with E-state index >= 15 is 0 Å². The molecular formula is C16H28N2O3. The predicted molar refractivity (Wildman–Crippen MR) is 81.1 cm³/mol. The largest absolute Gasteiger partial charge is 0.481 e. The molecule has 5 nitrogen and oxygen atoms in total. The predicted octanol–water partition coefficient (Wildman–Crippen LogP) is 2.66. The zero-order chi connectivity index (χ0) is 15.6. The Bertz CT molecular complexity index is 410. The number of likely N-dealkylation sites (tertiary alicyclic amines) is 2. The third-order valence-corrected chi connectivity index (χ3v) is 5.39. The van der Waals surface area contributed by atoms with Gasteiger partial charge in [-0.05, 0) is 37.5 Å². The van der Waals surface area contributed by atoms with Crippen LogP contribution < -0.4 is 0 Å². The maximum absolute atomic E-state index is 12.7. The molecule has 5 heteroatoms. The van der Waals surface area contributed by atoms with E-state index in [9.17, 15) is 14.7 Å². The minimum absolute atomic E-state index is 0.0351. The number of nitrogens with zero attached hydrogens (tertiary/aromatic N) is 2.